The molecule has 1 N–H and O–H groups in total. The van der Waals surface area contributed by atoms with Crippen LogP contribution in [0.4, 0.5) is 0 Å². The Morgan fingerprint density at radius 2 is 1.82 bits per heavy atom. The molecule has 2 fully saturated rings. The zero-order chi connectivity index (χ0) is 15.4. The van der Waals surface area contributed by atoms with Crippen LogP contribution in [0.25, 0.3) is 0 Å². The average Bonchev–Trinajstić information content (AvgIpc) is 3.25. The molecular weight excluding hydrogens is 282 g/mol. The molecular formula is C16H23N3O3. The Bertz CT molecular complexity index is 501. The molecule has 0 atom stereocenters. The second-order valence-corrected chi connectivity index (χ2v) is 6.01. The zero-order valence-electron chi connectivity index (χ0n) is 12.8. The fourth-order valence-corrected chi connectivity index (χ4v) is 3.19. The molecule has 1 saturated carbocycles. The van der Waals surface area contributed by atoms with Gasteiger partial charge >= 0.3 is 0 Å². The summed E-state index contributed by atoms with van der Waals surface area (Å²) in [5, 5.41) is 3.35. The number of nitrogens with zero attached hydrogens (tertiary/aromatic N) is 2. The Morgan fingerprint density at radius 1 is 1.14 bits per heavy atom. The van der Waals surface area contributed by atoms with Crippen LogP contribution in [0.1, 0.15) is 36.2 Å². The van der Waals surface area contributed by atoms with E-state index in [9.17, 15) is 9.59 Å². The van der Waals surface area contributed by atoms with Gasteiger partial charge in [0.1, 0.15) is 0 Å². The van der Waals surface area contributed by atoms with E-state index in [1.165, 1.54) is 31.9 Å². The van der Waals surface area contributed by atoms with Crippen molar-refractivity contribution in [3.63, 3.8) is 0 Å². The van der Waals surface area contributed by atoms with Gasteiger partial charge in [-0.1, -0.05) is 12.8 Å². The average molecular weight is 305 g/mol. The fourth-order valence-electron chi connectivity index (χ4n) is 3.19. The fraction of sp³-hybridized carbons (Fsp3) is 0.625. The molecule has 1 aromatic heterocycles. The van der Waals surface area contributed by atoms with E-state index in [4.69, 9.17) is 4.42 Å². The van der Waals surface area contributed by atoms with Crippen LogP contribution < -0.4 is 5.32 Å². The third-order valence-corrected chi connectivity index (χ3v) is 4.55. The van der Waals surface area contributed by atoms with E-state index in [1.807, 2.05) is 4.90 Å². The Morgan fingerprint density at radius 3 is 2.45 bits per heavy atom. The van der Waals surface area contributed by atoms with Crippen molar-refractivity contribution in [1.29, 1.82) is 0 Å². The van der Waals surface area contributed by atoms with Gasteiger partial charge in [-0.05, 0) is 25.0 Å². The molecule has 2 aliphatic rings. The Labute approximate surface area is 130 Å². The highest BCUT2D eigenvalue weighted by Gasteiger charge is 2.26. The number of carbonyl (C=O) groups is 2. The minimum absolute atomic E-state index is 0.0961. The van der Waals surface area contributed by atoms with Gasteiger partial charge in [0.15, 0.2) is 5.76 Å². The van der Waals surface area contributed by atoms with Gasteiger partial charge in [0.05, 0.1) is 12.8 Å². The molecule has 1 aliphatic carbocycles. The Hall–Kier alpha value is -1.82. The molecule has 0 unspecified atom stereocenters. The maximum absolute atomic E-state index is 12.2. The van der Waals surface area contributed by atoms with Gasteiger partial charge in [-0.2, -0.15) is 0 Å². The first-order valence-electron chi connectivity index (χ1n) is 8.08. The van der Waals surface area contributed by atoms with Gasteiger partial charge in [-0.15, -0.1) is 0 Å². The summed E-state index contributed by atoms with van der Waals surface area (Å²) in [5.74, 6) is 0.404. The van der Waals surface area contributed by atoms with Crippen molar-refractivity contribution in [3.05, 3.63) is 24.2 Å². The van der Waals surface area contributed by atoms with Crippen molar-refractivity contribution in [1.82, 2.24) is 15.1 Å². The van der Waals surface area contributed by atoms with Crippen LogP contribution in [0, 0.1) is 0 Å². The SMILES string of the molecule is O=C(CNC1CCCC1)N1CCN(C(=O)c2ccco2)CC1. The molecule has 22 heavy (non-hydrogen) atoms. The molecule has 3 rings (SSSR count). The number of furan rings is 1. The molecule has 2 heterocycles. The Balaban J connectivity index is 1.42. The summed E-state index contributed by atoms with van der Waals surface area (Å²) >= 11 is 0. The van der Waals surface area contributed by atoms with Gasteiger partial charge in [-0.25, -0.2) is 0 Å². The minimum Gasteiger partial charge on any atom is -0.459 e. The smallest absolute Gasteiger partial charge is 0.289 e. The van der Waals surface area contributed by atoms with E-state index in [-0.39, 0.29) is 11.8 Å². The standard InChI is InChI=1S/C16H23N3O3/c20-15(12-17-13-4-1-2-5-13)18-7-9-19(10-8-18)16(21)14-6-3-11-22-14/h3,6,11,13,17H,1-2,4-5,7-10,12H2. The van der Waals surface area contributed by atoms with E-state index < -0.39 is 0 Å². The maximum Gasteiger partial charge on any atom is 0.289 e. The number of rotatable bonds is 4. The van der Waals surface area contributed by atoms with Gasteiger partial charge < -0.3 is 19.5 Å². The van der Waals surface area contributed by atoms with Gasteiger partial charge in [0.25, 0.3) is 5.91 Å². The molecule has 0 radical (unpaired) electrons. The topological polar surface area (TPSA) is 65.8 Å². The van der Waals surface area contributed by atoms with Crippen LogP contribution in [0.2, 0.25) is 0 Å². The van der Waals surface area contributed by atoms with Crippen molar-refractivity contribution in [2.75, 3.05) is 32.7 Å². The summed E-state index contributed by atoms with van der Waals surface area (Å²) < 4.78 is 5.14. The number of carbonyl (C=O) groups excluding carboxylic acids is 2. The Kier molecular flexibility index (Phi) is 4.77. The molecule has 6 nitrogen and oxygen atoms in total. The van der Waals surface area contributed by atoms with Crippen molar-refractivity contribution >= 4 is 11.8 Å². The quantitative estimate of drug-likeness (QED) is 0.904. The van der Waals surface area contributed by atoms with Crippen molar-refractivity contribution in [2.45, 2.75) is 31.7 Å². The van der Waals surface area contributed by atoms with E-state index in [2.05, 4.69) is 5.32 Å². The molecule has 120 valence electrons. The predicted molar refractivity (Wildman–Crippen MR) is 81.5 cm³/mol. The van der Waals surface area contributed by atoms with Crippen LogP contribution in [0.15, 0.2) is 22.8 Å². The van der Waals surface area contributed by atoms with Crippen LogP contribution in [0.5, 0.6) is 0 Å². The van der Waals surface area contributed by atoms with E-state index in [1.54, 1.807) is 17.0 Å². The first-order chi connectivity index (χ1) is 10.7. The summed E-state index contributed by atoms with van der Waals surface area (Å²) in [5.41, 5.74) is 0. The summed E-state index contributed by atoms with van der Waals surface area (Å²) in [7, 11) is 0. The second kappa shape index (κ2) is 6.96. The summed E-state index contributed by atoms with van der Waals surface area (Å²) in [6.45, 7) is 2.73. The molecule has 1 aliphatic heterocycles. The molecule has 0 bridgehead atoms. The molecule has 0 spiro atoms. The minimum atomic E-state index is -0.0961. The summed E-state index contributed by atoms with van der Waals surface area (Å²) in [4.78, 5) is 27.9. The number of piperazine rings is 1. The number of amides is 2. The monoisotopic (exact) mass is 305 g/mol. The normalized spacial score (nSPS) is 19.6. The first-order valence-corrected chi connectivity index (χ1v) is 8.08. The summed E-state index contributed by atoms with van der Waals surface area (Å²) in [6, 6.07) is 3.89. The third kappa shape index (κ3) is 3.50. The zero-order valence-corrected chi connectivity index (χ0v) is 12.8. The maximum atomic E-state index is 12.2. The second-order valence-electron chi connectivity index (χ2n) is 6.01. The molecule has 1 saturated heterocycles. The van der Waals surface area contributed by atoms with Crippen LogP contribution in [0.3, 0.4) is 0 Å². The predicted octanol–water partition coefficient (Wildman–Crippen LogP) is 1.10. The number of hydrogen-bond donors (Lipinski definition) is 1. The molecule has 1 aromatic rings. The lowest BCUT2D eigenvalue weighted by Crippen LogP contribution is -2.52. The lowest BCUT2D eigenvalue weighted by molar-refractivity contribution is -0.131. The van der Waals surface area contributed by atoms with Crippen molar-refractivity contribution in [3.8, 4) is 0 Å². The van der Waals surface area contributed by atoms with Crippen molar-refractivity contribution in [2.24, 2.45) is 0 Å². The third-order valence-electron chi connectivity index (χ3n) is 4.55. The van der Waals surface area contributed by atoms with Crippen LogP contribution >= 0.6 is 0 Å². The highest BCUT2D eigenvalue weighted by atomic mass is 16.3. The van der Waals surface area contributed by atoms with Crippen LogP contribution in [-0.2, 0) is 4.79 Å². The highest BCUT2D eigenvalue weighted by molar-refractivity contribution is 5.91. The van der Waals surface area contributed by atoms with Gasteiger partial charge in [0.2, 0.25) is 5.91 Å². The highest BCUT2D eigenvalue weighted by Crippen LogP contribution is 2.17. The van der Waals surface area contributed by atoms with E-state index in [0.29, 0.717) is 44.5 Å². The largest absolute Gasteiger partial charge is 0.459 e. The molecule has 2 amide bonds. The molecule has 0 aromatic carbocycles. The van der Waals surface area contributed by atoms with Crippen molar-refractivity contribution < 1.29 is 14.0 Å². The molecule has 6 heteroatoms. The lowest BCUT2D eigenvalue weighted by atomic mass is 10.2. The van der Waals surface area contributed by atoms with Crippen LogP contribution in [-0.4, -0.2) is 60.4 Å². The number of nitrogens with one attached hydrogen (secondary N) is 1. The summed E-state index contributed by atoms with van der Waals surface area (Å²) in [6.07, 6.45) is 6.39. The van der Waals surface area contributed by atoms with E-state index >= 15 is 0 Å². The van der Waals surface area contributed by atoms with Gasteiger partial charge in [-0.3, -0.25) is 9.59 Å². The van der Waals surface area contributed by atoms with E-state index in [0.717, 1.165) is 0 Å². The first kappa shape index (κ1) is 15.1. The van der Waals surface area contributed by atoms with Gasteiger partial charge in [0, 0.05) is 32.2 Å². The lowest BCUT2D eigenvalue weighted by Gasteiger charge is -2.34. The number of hydrogen-bond acceptors (Lipinski definition) is 4.